The van der Waals surface area contributed by atoms with Crippen LogP contribution in [0.15, 0.2) is 72.8 Å². The number of carbonyl (C=O) groups excluding carboxylic acids is 1. The van der Waals surface area contributed by atoms with Gasteiger partial charge in [0.1, 0.15) is 6.04 Å². The van der Waals surface area contributed by atoms with E-state index in [2.05, 4.69) is 10.6 Å². The summed E-state index contributed by atoms with van der Waals surface area (Å²) < 4.78 is 0. The monoisotopic (exact) mass is 264 g/mol. The standard InChI is InChI=1S/C17H16N2O/c20-16-12-11-15(18-13-7-3-1-4-8-13)17(16)19-14-9-5-2-6-10-14/h1-12,15,17-19H/t15-,17+/m1/s1. The first-order valence-corrected chi connectivity index (χ1v) is 6.68. The quantitative estimate of drug-likeness (QED) is 0.891. The number of ketones is 1. The van der Waals surface area contributed by atoms with E-state index in [9.17, 15) is 4.79 Å². The lowest BCUT2D eigenvalue weighted by atomic mass is 10.1. The average molecular weight is 264 g/mol. The molecule has 1 aliphatic carbocycles. The fourth-order valence-corrected chi connectivity index (χ4v) is 2.32. The van der Waals surface area contributed by atoms with Gasteiger partial charge in [-0.3, -0.25) is 4.79 Å². The lowest BCUT2D eigenvalue weighted by Gasteiger charge is -2.22. The van der Waals surface area contributed by atoms with Crippen molar-refractivity contribution >= 4 is 17.2 Å². The number of rotatable bonds is 4. The maximum Gasteiger partial charge on any atom is 0.180 e. The van der Waals surface area contributed by atoms with Crippen molar-refractivity contribution < 1.29 is 4.79 Å². The van der Waals surface area contributed by atoms with Gasteiger partial charge in [-0.05, 0) is 30.3 Å². The van der Waals surface area contributed by atoms with Crippen LogP contribution in [-0.2, 0) is 4.79 Å². The first-order chi connectivity index (χ1) is 9.83. The van der Waals surface area contributed by atoms with E-state index in [1.165, 1.54) is 0 Å². The third-order valence-corrected chi connectivity index (χ3v) is 3.34. The normalized spacial score (nSPS) is 20.9. The number of carbonyl (C=O) groups is 1. The van der Waals surface area contributed by atoms with Crippen molar-refractivity contribution in [3.8, 4) is 0 Å². The minimum Gasteiger partial charge on any atom is -0.376 e. The molecular weight excluding hydrogens is 248 g/mol. The summed E-state index contributed by atoms with van der Waals surface area (Å²) in [5.74, 6) is 0.0993. The van der Waals surface area contributed by atoms with Gasteiger partial charge in [-0.1, -0.05) is 42.5 Å². The van der Waals surface area contributed by atoms with Crippen LogP contribution in [0, 0.1) is 0 Å². The molecule has 0 aromatic heterocycles. The fourth-order valence-electron chi connectivity index (χ4n) is 2.32. The van der Waals surface area contributed by atoms with E-state index in [-0.39, 0.29) is 17.9 Å². The van der Waals surface area contributed by atoms with Crippen LogP contribution in [0.25, 0.3) is 0 Å². The van der Waals surface area contributed by atoms with E-state index in [1.807, 2.05) is 66.7 Å². The first-order valence-electron chi connectivity index (χ1n) is 6.68. The molecular formula is C17H16N2O. The Balaban J connectivity index is 1.73. The molecule has 100 valence electrons. The minimum absolute atomic E-state index is 0.0369. The molecule has 2 atom stereocenters. The van der Waals surface area contributed by atoms with Gasteiger partial charge >= 0.3 is 0 Å². The second-order valence-corrected chi connectivity index (χ2v) is 4.79. The molecule has 20 heavy (non-hydrogen) atoms. The third kappa shape index (κ3) is 2.72. The van der Waals surface area contributed by atoms with E-state index in [1.54, 1.807) is 6.08 Å². The molecule has 1 aliphatic rings. The molecule has 2 aromatic carbocycles. The molecule has 0 aliphatic heterocycles. The number of anilines is 2. The van der Waals surface area contributed by atoms with E-state index in [0.29, 0.717) is 0 Å². The van der Waals surface area contributed by atoms with E-state index in [0.717, 1.165) is 11.4 Å². The van der Waals surface area contributed by atoms with Crippen molar-refractivity contribution in [1.29, 1.82) is 0 Å². The molecule has 0 saturated carbocycles. The lowest BCUT2D eigenvalue weighted by molar-refractivity contribution is -0.114. The summed E-state index contributed by atoms with van der Waals surface area (Å²) in [5, 5.41) is 6.66. The zero-order valence-electron chi connectivity index (χ0n) is 11.0. The summed E-state index contributed by atoms with van der Waals surface area (Å²) in [6.07, 6.45) is 3.55. The van der Waals surface area contributed by atoms with Crippen LogP contribution in [0.5, 0.6) is 0 Å². The Bertz CT molecular complexity index is 607. The Morgan fingerprint density at radius 1 is 0.750 bits per heavy atom. The number of hydrogen-bond donors (Lipinski definition) is 2. The molecule has 3 heteroatoms. The van der Waals surface area contributed by atoms with Crippen LogP contribution in [0.4, 0.5) is 11.4 Å². The van der Waals surface area contributed by atoms with Crippen LogP contribution in [0.3, 0.4) is 0 Å². The minimum atomic E-state index is -0.266. The molecule has 0 spiro atoms. The highest BCUT2D eigenvalue weighted by molar-refractivity contribution is 6.00. The topological polar surface area (TPSA) is 41.1 Å². The second kappa shape index (κ2) is 5.61. The number of hydrogen-bond acceptors (Lipinski definition) is 3. The zero-order chi connectivity index (χ0) is 13.8. The van der Waals surface area contributed by atoms with Crippen LogP contribution in [-0.4, -0.2) is 17.9 Å². The van der Waals surface area contributed by atoms with E-state index < -0.39 is 0 Å². The van der Waals surface area contributed by atoms with Crippen molar-refractivity contribution in [2.45, 2.75) is 12.1 Å². The number of nitrogens with one attached hydrogen (secondary N) is 2. The van der Waals surface area contributed by atoms with Crippen LogP contribution < -0.4 is 10.6 Å². The predicted molar refractivity (Wildman–Crippen MR) is 81.9 cm³/mol. The van der Waals surface area contributed by atoms with Gasteiger partial charge in [0.25, 0.3) is 0 Å². The van der Waals surface area contributed by atoms with Gasteiger partial charge in [0.05, 0.1) is 6.04 Å². The summed E-state index contributed by atoms with van der Waals surface area (Å²) in [7, 11) is 0. The highest BCUT2D eigenvalue weighted by Gasteiger charge is 2.29. The number of benzene rings is 2. The predicted octanol–water partition coefficient (Wildman–Crippen LogP) is 3.09. The Kier molecular flexibility index (Phi) is 3.50. The largest absolute Gasteiger partial charge is 0.376 e. The van der Waals surface area contributed by atoms with Gasteiger partial charge in [-0.25, -0.2) is 0 Å². The molecule has 0 heterocycles. The zero-order valence-corrected chi connectivity index (χ0v) is 11.0. The molecule has 0 bridgehead atoms. The third-order valence-electron chi connectivity index (χ3n) is 3.34. The molecule has 2 aromatic rings. The average Bonchev–Trinajstić information content (AvgIpc) is 2.83. The summed E-state index contributed by atoms with van der Waals surface area (Å²) in [4.78, 5) is 12.0. The maximum absolute atomic E-state index is 12.0. The van der Waals surface area contributed by atoms with E-state index >= 15 is 0 Å². The maximum atomic E-state index is 12.0. The summed E-state index contributed by atoms with van der Waals surface area (Å²) in [5.41, 5.74) is 1.96. The Morgan fingerprint density at radius 3 is 1.90 bits per heavy atom. The molecule has 0 saturated heterocycles. The summed E-state index contributed by atoms with van der Waals surface area (Å²) >= 11 is 0. The molecule has 0 unspecified atom stereocenters. The van der Waals surface area contributed by atoms with Crippen molar-refractivity contribution in [1.82, 2.24) is 0 Å². The smallest absolute Gasteiger partial charge is 0.180 e. The van der Waals surface area contributed by atoms with Gasteiger partial charge in [0, 0.05) is 11.4 Å². The van der Waals surface area contributed by atoms with Gasteiger partial charge in [0.15, 0.2) is 5.78 Å². The SMILES string of the molecule is O=C1C=C[C@@H](Nc2ccccc2)[C@@H]1Nc1ccccc1. The Labute approximate surface area is 118 Å². The van der Waals surface area contributed by atoms with Gasteiger partial charge in [-0.15, -0.1) is 0 Å². The Hall–Kier alpha value is -2.55. The second-order valence-electron chi connectivity index (χ2n) is 4.79. The van der Waals surface area contributed by atoms with Gasteiger partial charge in [-0.2, -0.15) is 0 Å². The van der Waals surface area contributed by atoms with Crippen molar-refractivity contribution in [3.63, 3.8) is 0 Å². The van der Waals surface area contributed by atoms with Crippen LogP contribution >= 0.6 is 0 Å². The van der Waals surface area contributed by atoms with Crippen molar-refractivity contribution in [2.24, 2.45) is 0 Å². The summed E-state index contributed by atoms with van der Waals surface area (Å²) in [6.45, 7) is 0. The highest BCUT2D eigenvalue weighted by atomic mass is 16.1. The van der Waals surface area contributed by atoms with Crippen LogP contribution in [0.2, 0.25) is 0 Å². The number of para-hydroxylation sites is 2. The molecule has 3 nitrogen and oxygen atoms in total. The first kappa shape index (κ1) is 12.5. The molecule has 0 amide bonds. The summed E-state index contributed by atoms with van der Waals surface area (Å²) in [6, 6.07) is 19.4. The lowest BCUT2D eigenvalue weighted by Crippen LogP contribution is -2.39. The highest BCUT2D eigenvalue weighted by Crippen LogP contribution is 2.19. The van der Waals surface area contributed by atoms with Gasteiger partial charge in [0.2, 0.25) is 0 Å². The van der Waals surface area contributed by atoms with Crippen molar-refractivity contribution in [2.75, 3.05) is 10.6 Å². The molecule has 2 N–H and O–H groups in total. The molecule has 0 radical (unpaired) electrons. The molecule has 3 rings (SSSR count). The van der Waals surface area contributed by atoms with Crippen molar-refractivity contribution in [3.05, 3.63) is 72.8 Å². The van der Waals surface area contributed by atoms with E-state index in [4.69, 9.17) is 0 Å². The fraction of sp³-hybridized carbons (Fsp3) is 0.118. The van der Waals surface area contributed by atoms with Gasteiger partial charge < -0.3 is 10.6 Å². The Morgan fingerprint density at radius 2 is 1.30 bits per heavy atom. The van der Waals surface area contributed by atoms with Crippen LogP contribution in [0.1, 0.15) is 0 Å². The molecule has 0 fully saturated rings.